The lowest BCUT2D eigenvalue weighted by atomic mass is 9.82. The number of carbonyl (C=O) groups is 1. The molecular formula is C28H32O4. The van der Waals surface area contributed by atoms with Crippen LogP contribution in [0.2, 0.25) is 0 Å². The van der Waals surface area contributed by atoms with E-state index < -0.39 is 0 Å². The van der Waals surface area contributed by atoms with E-state index in [-0.39, 0.29) is 11.4 Å². The lowest BCUT2D eigenvalue weighted by Crippen LogP contribution is -2.15. The first-order valence-corrected chi connectivity index (χ1v) is 11.2. The number of carbonyl (C=O) groups excluding carboxylic acids is 1. The molecule has 0 fully saturated rings. The van der Waals surface area contributed by atoms with Crippen LogP contribution in [0.4, 0.5) is 0 Å². The summed E-state index contributed by atoms with van der Waals surface area (Å²) in [4.78, 5) is 12.1. The van der Waals surface area contributed by atoms with Gasteiger partial charge in [-0.2, -0.15) is 0 Å². The van der Waals surface area contributed by atoms with Crippen LogP contribution in [0.25, 0.3) is 0 Å². The third kappa shape index (κ3) is 7.16. The third-order valence-corrected chi connectivity index (χ3v) is 5.62. The average molecular weight is 433 g/mol. The summed E-state index contributed by atoms with van der Waals surface area (Å²) < 4.78 is 16.9. The molecule has 0 bridgehead atoms. The number of rotatable bonds is 11. The Hall–Kier alpha value is -3.27. The van der Waals surface area contributed by atoms with Crippen molar-refractivity contribution < 1.29 is 19.0 Å². The van der Waals surface area contributed by atoms with Crippen molar-refractivity contribution in [3.63, 3.8) is 0 Å². The van der Waals surface area contributed by atoms with Gasteiger partial charge < -0.3 is 14.2 Å². The van der Waals surface area contributed by atoms with E-state index in [1.165, 1.54) is 5.56 Å². The Morgan fingerprint density at radius 2 is 1.38 bits per heavy atom. The predicted molar refractivity (Wildman–Crippen MR) is 127 cm³/mol. The van der Waals surface area contributed by atoms with E-state index in [1.54, 1.807) is 24.3 Å². The summed E-state index contributed by atoms with van der Waals surface area (Å²) in [5.41, 5.74) is 2.56. The molecule has 3 aromatic rings. The van der Waals surface area contributed by atoms with Crippen molar-refractivity contribution in [3.05, 3.63) is 90.0 Å². The van der Waals surface area contributed by atoms with Crippen LogP contribution < -0.4 is 14.2 Å². The number of hydrogen-bond acceptors (Lipinski definition) is 4. The summed E-state index contributed by atoms with van der Waals surface area (Å²) in [5, 5.41) is 0. The summed E-state index contributed by atoms with van der Waals surface area (Å²) in [6.07, 6.45) is 1.98. The summed E-state index contributed by atoms with van der Waals surface area (Å²) in [6.45, 7) is 7.63. The minimum Gasteiger partial charge on any atom is -0.494 e. The van der Waals surface area contributed by atoms with Gasteiger partial charge in [-0.15, -0.1) is 0 Å². The Morgan fingerprint density at radius 1 is 0.781 bits per heavy atom. The molecule has 0 heterocycles. The van der Waals surface area contributed by atoms with Crippen LogP contribution in [0, 0.1) is 0 Å². The van der Waals surface area contributed by atoms with Crippen LogP contribution in [-0.2, 0) is 16.8 Å². The van der Waals surface area contributed by atoms with Gasteiger partial charge in [0.25, 0.3) is 0 Å². The number of ether oxygens (including phenoxy) is 3. The molecule has 0 radical (unpaired) electrons. The fourth-order valence-corrected chi connectivity index (χ4v) is 3.14. The second kappa shape index (κ2) is 11.4. The molecule has 0 aliphatic heterocycles. The van der Waals surface area contributed by atoms with Crippen molar-refractivity contribution >= 4 is 5.97 Å². The molecule has 0 aliphatic rings. The highest BCUT2D eigenvalue weighted by Crippen LogP contribution is 2.28. The van der Waals surface area contributed by atoms with E-state index in [0.717, 1.165) is 23.5 Å². The lowest BCUT2D eigenvalue weighted by Gasteiger charge is -2.23. The van der Waals surface area contributed by atoms with Crippen LogP contribution in [0.15, 0.2) is 78.9 Å². The van der Waals surface area contributed by atoms with Gasteiger partial charge in [0.05, 0.1) is 6.61 Å². The highest BCUT2D eigenvalue weighted by Gasteiger charge is 2.17. The second-order valence-corrected chi connectivity index (χ2v) is 8.43. The van der Waals surface area contributed by atoms with Gasteiger partial charge in [-0.25, -0.2) is 0 Å². The maximum Gasteiger partial charge on any atom is 0.311 e. The quantitative estimate of drug-likeness (QED) is 0.192. The summed E-state index contributed by atoms with van der Waals surface area (Å²) in [7, 11) is 0. The normalized spacial score (nSPS) is 11.1. The Morgan fingerprint density at radius 3 is 2.03 bits per heavy atom. The molecule has 0 amide bonds. The van der Waals surface area contributed by atoms with Crippen LogP contribution >= 0.6 is 0 Å². The molecule has 3 aromatic carbocycles. The highest BCUT2D eigenvalue weighted by molar-refractivity contribution is 5.72. The molecule has 0 unspecified atom stereocenters. The SMILES string of the molecule is CCC(C)(C)c1ccc(OCCCC(=O)Oc2ccc(OCc3ccccc3)cc2)cc1. The van der Waals surface area contributed by atoms with Crippen molar-refractivity contribution in [2.24, 2.45) is 0 Å². The molecule has 0 aliphatic carbocycles. The Bertz CT molecular complexity index is 961. The molecule has 3 rings (SSSR count). The van der Waals surface area contributed by atoms with Gasteiger partial charge in [0, 0.05) is 6.42 Å². The van der Waals surface area contributed by atoms with Crippen molar-refractivity contribution in [1.29, 1.82) is 0 Å². The maximum absolute atomic E-state index is 12.1. The topological polar surface area (TPSA) is 44.8 Å². The van der Waals surface area contributed by atoms with Crippen LogP contribution in [0.3, 0.4) is 0 Å². The first-order valence-electron chi connectivity index (χ1n) is 11.2. The zero-order valence-electron chi connectivity index (χ0n) is 19.2. The lowest BCUT2D eigenvalue weighted by molar-refractivity contribution is -0.134. The van der Waals surface area contributed by atoms with Gasteiger partial charge in [-0.05, 0) is 65.8 Å². The average Bonchev–Trinajstić information content (AvgIpc) is 2.82. The van der Waals surface area contributed by atoms with Crippen molar-refractivity contribution in [3.8, 4) is 17.2 Å². The van der Waals surface area contributed by atoms with Crippen molar-refractivity contribution in [1.82, 2.24) is 0 Å². The molecule has 4 nitrogen and oxygen atoms in total. The van der Waals surface area contributed by atoms with E-state index in [9.17, 15) is 4.79 Å². The Balaban J connectivity index is 1.36. The summed E-state index contributed by atoms with van der Waals surface area (Å²) in [6, 6.07) is 25.3. The standard InChI is InChI=1S/C28H32O4/c1-4-28(2,3)23-12-14-24(15-13-23)30-20-8-11-27(29)32-26-18-16-25(17-19-26)31-21-22-9-6-5-7-10-22/h5-7,9-10,12-19H,4,8,11,20-21H2,1-3H3. The first kappa shape index (κ1) is 23.4. The largest absolute Gasteiger partial charge is 0.494 e. The summed E-state index contributed by atoms with van der Waals surface area (Å²) >= 11 is 0. The fraction of sp³-hybridized carbons (Fsp3) is 0.321. The first-order chi connectivity index (χ1) is 15.5. The molecular weight excluding hydrogens is 400 g/mol. The van der Waals surface area contributed by atoms with E-state index in [2.05, 4.69) is 32.9 Å². The molecule has 0 aromatic heterocycles. The molecule has 0 atom stereocenters. The Kier molecular flexibility index (Phi) is 8.32. The van der Waals surface area contributed by atoms with Gasteiger partial charge in [0.2, 0.25) is 0 Å². The summed E-state index contributed by atoms with van der Waals surface area (Å²) in [5.74, 6) is 1.79. The van der Waals surface area contributed by atoms with Gasteiger partial charge in [-0.3, -0.25) is 4.79 Å². The van der Waals surface area contributed by atoms with E-state index in [1.807, 2.05) is 42.5 Å². The number of esters is 1. The zero-order valence-corrected chi connectivity index (χ0v) is 19.2. The monoisotopic (exact) mass is 432 g/mol. The van der Waals surface area contributed by atoms with Gasteiger partial charge in [-0.1, -0.05) is 63.2 Å². The van der Waals surface area contributed by atoms with E-state index in [0.29, 0.717) is 31.8 Å². The minimum atomic E-state index is -0.272. The number of benzene rings is 3. The molecule has 0 N–H and O–H groups in total. The predicted octanol–water partition coefficient (Wildman–Crippen LogP) is 6.72. The van der Waals surface area contributed by atoms with Gasteiger partial charge in [0.1, 0.15) is 23.9 Å². The molecule has 168 valence electrons. The van der Waals surface area contributed by atoms with E-state index >= 15 is 0 Å². The molecule has 32 heavy (non-hydrogen) atoms. The molecule has 0 spiro atoms. The highest BCUT2D eigenvalue weighted by atomic mass is 16.5. The molecule has 0 saturated heterocycles. The van der Waals surface area contributed by atoms with Crippen LogP contribution in [0.1, 0.15) is 51.2 Å². The minimum absolute atomic E-state index is 0.161. The second-order valence-electron chi connectivity index (χ2n) is 8.43. The third-order valence-electron chi connectivity index (χ3n) is 5.62. The van der Waals surface area contributed by atoms with Crippen LogP contribution in [0.5, 0.6) is 17.2 Å². The number of hydrogen-bond donors (Lipinski definition) is 0. The van der Waals surface area contributed by atoms with Crippen molar-refractivity contribution in [2.75, 3.05) is 6.61 Å². The smallest absolute Gasteiger partial charge is 0.311 e. The Labute approximate surface area is 191 Å². The van der Waals surface area contributed by atoms with Crippen molar-refractivity contribution in [2.45, 2.75) is 52.1 Å². The van der Waals surface area contributed by atoms with Gasteiger partial charge in [0.15, 0.2) is 0 Å². The van der Waals surface area contributed by atoms with E-state index in [4.69, 9.17) is 14.2 Å². The zero-order chi connectivity index (χ0) is 22.8. The van der Waals surface area contributed by atoms with Crippen LogP contribution in [-0.4, -0.2) is 12.6 Å². The van der Waals surface area contributed by atoms with Gasteiger partial charge >= 0.3 is 5.97 Å². The molecule has 4 heteroatoms. The maximum atomic E-state index is 12.1. The molecule has 0 saturated carbocycles. The fourth-order valence-electron chi connectivity index (χ4n) is 3.14.